The maximum Gasteiger partial charge on any atom is 0.115 e. The van der Waals surface area contributed by atoms with Crippen molar-refractivity contribution in [3.8, 4) is 6.07 Å². The largest absolute Gasteiger partial charge is 0.245 e. The number of aromatic nitrogens is 1. The number of hydrogen-bond donors (Lipinski definition) is 0. The van der Waals surface area contributed by atoms with E-state index >= 15 is 0 Å². The molecule has 0 unspecified atom stereocenters. The fraction of sp³-hybridized carbons (Fsp3) is 0.364. The van der Waals surface area contributed by atoms with E-state index < -0.39 is 0 Å². The van der Waals surface area contributed by atoms with E-state index in [-0.39, 0.29) is 0 Å². The second kappa shape index (κ2) is 7.45. The van der Waals surface area contributed by atoms with Crippen LogP contribution in [0.4, 0.5) is 0 Å². The van der Waals surface area contributed by atoms with Gasteiger partial charge in [-0.2, -0.15) is 5.26 Å². The van der Waals surface area contributed by atoms with Crippen molar-refractivity contribution in [2.75, 3.05) is 0 Å². The Kier molecular flexibility index (Phi) is 4.90. The number of hydrogen-bond acceptors (Lipinski definition) is 3. The van der Waals surface area contributed by atoms with Gasteiger partial charge in [0, 0.05) is 11.4 Å². The Morgan fingerprint density at radius 3 is 2.80 bits per heavy atom. The summed E-state index contributed by atoms with van der Waals surface area (Å²) in [4.78, 5) is 4.92. The Bertz CT molecular complexity index is 833. The van der Waals surface area contributed by atoms with Crippen LogP contribution in [0.15, 0.2) is 47.5 Å². The van der Waals surface area contributed by atoms with Crippen LogP contribution in [0, 0.1) is 11.3 Å². The van der Waals surface area contributed by atoms with Crippen molar-refractivity contribution in [2.24, 2.45) is 0 Å². The van der Waals surface area contributed by atoms with Crippen LogP contribution >= 0.6 is 11.8 Å². The number of nitrogens with zero attached hydrogens (tertiary/aromatic N) is 2. The van der Waals surface area contributed by atoms with Gasteiger partial charge in [0.1, 0.15) is 11.1 Å². The van der Waals surface area contributed by atoms with E-state index in [1.807, 2.05) is 6.07 Å². The summed E-state index contributed by atoms with van der Waals surface area (Å²) in [5, 5.41) is 10.9. The number of allylic oxidation sites excluding steroid dienone is 2. The van der Waals surface area contributed by atoms with Gasteiger partial charge in [-0.05, 0) is 61.1 Å². The standard InChI is InChI=1S/C22H22N2S/c23-14-19-21(17-10-5-2-6-11-17)18-12-7-13-20(18)24-22(19)25-15-16-8-3-1-4-9-16/h1-5,8-9,17H,6-7,10-13,15H2/t17-/m0/s1. The predicted octanol–water partition coefficient (Wildman–Crippen LogP) is 5.56. The molecule has 2 nitrogen and oxygen atoms in total. The summed E-state index contributed by atoms with van der Waals surface area (Å²) in [7, 11) is 0. The first-order chi connectivity index (χ1) is 12.4. The summed E-state index contributed by atoms with van der Waals surface area (Å²) >= 11 is 1.72. The molecule has 0 saturated heterocycles. The lowest BCUT2D eigenvalue weighted by atomic mass is 9.83. The van der Waals surface area contributed by atoms with Crippen LogP contribution in [-0.4, -0.2) is 4.98 Å². The second-order valence-electron chi connectivity index (χ2n) is 6.85. The minimum absolute atomic E-state index is 0.491. The van der Waals surface area contributed by atoms with Crippen molar-refractivity contribution in [1.29, 1.82) is 5.26 Å². The minimum Gasteiger partial charge on any atom is -0.245 e. The van der Waals surface area contributed by atoms with Crippen molar-refractivity contribution in [1.82, 2.24) is 4.98 Å². The molecule has 0 radical (unpaired) electrons. The normalized spacial score (nSPS) is 18.8. The molecule has 0 saturated carbocycles. The number of pyridine rings is 1. The number of nitriles is 1. The van der Waals surface area contributed by atoms with Gasteiger partial charge in [-0.3, -0.25) is 0 Å². The van der Waals surface area contributed by atoms with Gasteiger partial charge in [0.15, 0.2) is 0 Å². The van der Waals surface area contributed by atoms with Gasteiger partial charge < -0.3 is 0 Å². The van der Waals surface area contributed by atoms with E-state index in [0.717, 1.165) is 48.4 Å². The molecule has 126 valence electrons. The van der Waals surface area contributed by atoms with Gasteiger partial charge in [-0.1, -0.05) is 42.5 Å². The van der Waals surface area contributed by atoms with E-state index in [0.29, 0.717) is 5.92 Å². The van der Waals surface area contributed by atoms with Gasteiger partial charge in [0.05, 0.1) is 5.56 Å². The summed E-state index contributed by atoms with van der Waals surface area (Å²) in [6, 6.07) is 13.0. The Morgan fingerprint density at radius 1 is 1.16 bits per heavy atom. The van der Waals surface area contributed by atoms with Crippen LogP contribution in [0.5, 0.6) is 0 Å². The van der Waals surface area contributed by atoms with Gasteiger partial charge >= 0.3 is 0 Å². The Hall–Kier alpha value is -2.05. The molecule has 0 fully saturated rings. The topological polar surface area (TPSA) is 36.7 Å². The van der Waals surface area contributed by atoms with Crippen LogP contribution in [0.3, 0.4) is 0 Å². The van der Waals surface area contributed by atoms with Crippen LogP contribution in [-0.2, 0) is 18.6 Å². The molecule has 2 aromatic rings. The Morgan fingerprint density at radius 2 is 2.04 bits per heavy atom. The van der Waals surface area contributed by atoms with Crippen LogP contribution < -0.4 is 0 Å². The van der Waals surface area contributed by atoms with Crippen LogP contribution in [0.25, 0.3) is 0 Å². The first-order valence-electron chi connectivity index (χ1n) is 9.14. The molecule has 25 heavy (non-hydrogen) atoms. The molecule has 2 aliphatic rings. The molecular formula is C22H22N2S. The number of rotatable bonds is 4. The number of benzene rings is 1. The minimum atomic E-state index is 0.491. The van der Waals surface area contributed by atoms with E-state index in [4.69, 9.17) is 4.98 Å². The molecule has 2 aliphatic carbocycles. The molecular weight excluding hydrogens is 324 g/mol. The van der Waals surface area contributed by atoms with E-state index in [1.54, 1.807) is 11.8 Å². The number of fused-ring (bicyclic) bond motifs is 1. The van der Waals surface area contributed by atoms with Gasteiger partial charge in [0.2, 0.25) is 0 Å². The maximum atomic E-state index is 9.94. The average molecular weight is 346 g/mol. The average Bonchev–Trinajstić information content (AvgIpc) is 3.14. The zero-order chi connectivity index (χ0) is 17.1. The summed E-state index contributed by atoms with van der Waals surface area (Å²) in [6.07, 6.45) is 11.2. The maximum absolute atomic E-state index is 9.94. The summed E-state index contributed by atoms with van der Waals surface area (Å²) < 4.78 is 0. The van der Waals surface area contributed by atoms with Gasteiger partial charge in [-0.15, -0.1) is 11.8 Å². The number of thioether (sulfide) groups is 1. The second-order valence-corrected chi connectivity index (χ2v) is 7.82. The highest BCUT2D eigenvalue weighted by atomic mass is 32.2. The predicted molar refractivity (Wildman–Crippen MR) is 103 cm³/mol. The van der Waals surface area contributed by atoms with Crippen LogP contribution in [0.2, 0.25) is 0 Å². The van der Waals surface area contributed by atoms with Crippen molar-refractivity contribution in [3.05, 3.63) is 70.4 Å². The monoisotopic (exact) mass is 346 g/mol. The third kappa shape index (κ3) is 3.37. The zero-order valence-electron chi connectivity index (χ0n) is 14.4. The third-order valence-corrected chi connectivity index (χ3v) is 6.29. The molecule has 0 aliphatic heterocycles. The van der Waals surface area contributed by atoms with Crippen molar-refractivity contribution in [3.63, 3.8) is 0 Å². The van der Waals surface area contributed by atoms with Crippen molar-refractivity contribution < 1.29 is 0 Å². The molecule has 0 amide bonds. The summed E-state index contributed by atoms with van der Waals surface area (Å²) in [6.45, 7) is 0. The highest BCUT2D eigenvalue weighted by Crippen LogP contribution is 2.41. The molecule has 3 heteroatoms. The van der Waals surface area contributed by atoms with Gasteiger partial charge in [-0.25, -0.2) is 4.98 Å². The fourth-order valence-corrected chi connectivity index (χ4v) is 5.00. The molecule has 0 spiro atoms. The molecule has 1 aromatic carbocycles. The van der Waals surface area contributed by atoms with Crippen molar-refractivity contribution >= 4 is 11.8 Å². The molecule has 1 atom stereocenters. The van der Waals surface area contributed by atoms with Crippen molar-refractivity contribution in [2.45, 2.75) is 55.2 Å². The first-order valence-corrected chi connectivity index (χ1v) is 10.1. The quantitative estimate of drug-likeness (QED) is 0.537. The summed E-state index contributed by atoms with van der Waals surface area (Å²) in [5.74, 6) is 1.36. The molecule has 1 aromatic heterocycles. The van der Waals surface area contributed by atoms with E-state index in [9.17, 15) is 5.26 Å². The van der Waals surface area contributed by atoms with Gasteiger partial charge in [0.25, 0.3) is 0 Å². The lowest BCUT2D eigenvalue weighted by Crippen LogP contribution is -2.10. The van der Waals surface area contributed by atoms with E-state index in [1.165, 1.54) is 28.8 Å². The lowest BCUT2D eigenvalue weighted by molar-refractivity contribution is 0.607. The SMILES string of the molecule is N#Cc1c(SCc2ccccc2)nc2c(c1[C@H]1CC=CCC1)CCC2. The molecule has 0 N–H and O–H groups in total. The fourth-order valence-electron chi connectivity index (χ4n) is 4.03. The van der Waals surface area contributed by atoms with E-state index in [2.05, 4.69) is 42.5 Å². The first kappa shape index (κ1) is 16.4. The Balaban J connectivity index is 1.71. The molecule has 0 bridgehead atoms. The lowest BCUT2D eigenvalue weighted by Gasteiger charge is -2.23. The summed E-state index contributed by atoms with van der Waals surface area (Å²) in [5.41, 5.74) is 6.09. The Labute approximate surface area is 154 Å². The number of aryl methyl sites for hydroxylation is 1. The molecule has 4 rings (SSSR count). The third-order valence-electron chi connectivity index (χ3n) is 5.24. The smallest absolute Gasteiger partial charge is 0.115 e. The highest BCUT2D eigenvalue weighted by Gasteiger charge is 2.28. The molecule has 1 heterocycles. The highest BCUT2D eigenvalue weighted by molar-refractivity contribution is 7.98. The zero-order valence-corrected chi connectivity index (χ0v) is 15.2. The van der Waals surface area contributed by atoms with Crippen LogP contribution in [0.1, 0.15) is 59.5 Å².